The molecule has 0 aromatic carbocycles. The molecule has 334 valence electrons. The minimum atomic E-state index is -0.250. The molecule has 0 aliphatic rings. The Kier molecular flexibility index (Phi) is 57.5. The number of nitrogens with zero attached hydrogens (tertiary/aromatic N) is 3. The summed E-state index contributed by atoms with van der Waals surface area (Å²) in [6.07, 6.45) is 49.4. The Hall–Kier alpha value is -1.96. The summed E-state index contributed by atoms with van der Waals surface area (Å²) >= 11 is 0. The maximum atomic E-state index is 8.36. The molecule has 0 aliphatic carbocycles. The highest BCUT2D eigenvalue weighted by atomic mass is 16.5. The van der Waals surface area contributed by atoms with Gasteiger partial charge >= 0.3 is 0 Å². The average molecular weight is 796 g/mol. The number of rotatable bonds is 42. The molecule has 0 aromatic heterocycles. The summed E-state index contributed by atoms with van der Waals surface area (Å²) in [5.74, 6) is 1.73. The lowest BCUT2D eigenvalue weighted by Crippen LogP contribution is -2.29. The van der Waals surface area contributed by atoms with Crippen molar-refractivity contribution in [1.29, 1.82) is 0 Å². The maximum Gasteiger partial charge on any atom is 0.290 e. The van der Waals surface area contributed by atoms with Gasteiger partial charge in [0.1, 0.15) is 0 Å². The number of unbranched alkanes of at least 4 members (excludes halogenated alkanes) is 27. The van der Waals surface area contributed by atoms with Gasteiger partial charge in [-0.15, -0.1) is 5.10 Å². The summed E-state index contributed by atoms with van der Waals surface area (Å²) in [5.41, 5.74) is 0. The predicted molar refractivity (Wildman–Crippen MR) is 245 cm³/mol. The third-order valence-corrected chi connectivity index (χ3v) is 11.0. The van der Waals surface area contributed by atoms with Gasteiger partial charge in [0.05, 0.1) is 6.61 Å². The van der Waals surface area contributed by atoms with Crippen LogP contribution in [0.25, 0.3) is 0 Å². The second-order valence-corrected chi connectivity index (χ2v) is 16.0. The number of ether oxygens (including phenoxy) is 1. The first-order valence-corrected chi connectivity index (χ1v) is 24.1. The van der Waals surface area contributed by atoms with Gasteiger partial charge in [0.2, 0.25) is 5.90 Å². The highest BCUT2D eigenvalue weighted by molar-refractivity contribution is 5.76. The van der Waals surface area contributed by atoms with Crippen LogP contribution in [0.1, 0.15) is 252 Å². The molecule has 0 rings (SSSR count). The zero-order chi connectivity index (χ0) is 41.8. The van der Waals surface area contributed by atoms with E-state index in [1.165, 1.54) is 231 Å². The van der Waals surface area contributed by atoms with Crippen LogP contribution in [0.4, 0.5) is 0 Å². The Morgan fingerprint density at radius 2 is 0.786 bits per heavy atom. The van der Waals surface area contributed by atoms with Crippen LogP contribution in [0.15, 0.2) is 10.2 Å². The fraction of sp³-hybridized carbons (Fsp3) is 0.917. The smallest absolute Gasteiger partial charge is 0.290 e. The molecule has 0 fully saturated rings. The molecule has 2 N–H and O–H groups in total. The normalized spacial score (nSPS) is 11.2. The van der Waals surface area contributed by atoms with Gasteiger partial charge in [-0.2, -0.15) is 5.10 Å². The topological polar surface area (TPSA) is 112 Å². The highest BCUT2D eigenvalue weighted by Gasteiger charge is 2.11. The number of carboxylic acid groups (broad SMARTS) is 2. The first-order valence-electron chi connectivity index (χ1n) is 24.1. The molecular formula is C48H97N3O5. The van der Waals surface area contributed by atoms with Crippen LogP contribution in [-0.4, -0.2) is 66.9 Å². The molecule has 0 atom stereocenters. The summed E-state index contributed by atoms with van der Waals surface area (Å²) in [5, 5.41) is 21.7. The molecule has 0 saturated heterocycles. The first kappa shape index (κ1) is 58.4. The van der Waals surface area contributed by atoms with Crippen molar-refractivity contribution >= 4 is 25.6 Å². The molecule has 8 heteroatoms. The lowest BCUT2D eigenvalue weighted by atomic mass is 9.89. The molecule has 0 aliphatic heterocycles. The second-order valence-electron chi connectivity index (χ2n) is 16.0. The van der Waals surface area contributed by atoms with Crippen LogP contribution in [0.5, 0.6) is 0 Å². The lowest BCUT2D eigenvalue weighted by molar-refractivity contribution is -0.123. The van der Waals surface area contributed by atoms with Crippen molar-refractivity contribution < 1.29 is 24.5 Å². The summed E-state index contributed by atoms with van der Waals surface area (Å²) in [7, 11) is 0. The fourth-order valence-electron chi connectivity index (χ4n) is 7.67. The Morgan fingerprint density at radius 3 is 1.07 bits per heavy atom. The molecule has 0 radical (unpaired) electrons. The lowest BCUT2D eigenvalue weighted by Gasteiger charge is -2.22. The van der Waals surface area contributed by atoms with Crippen molar-refractivity contribution in [3.63, 3.8) is 0 Å². The van der Waals surface area contributed by atoms with Crippen molar-refractivity contribution in [2.24, 2.45) is 16.1 Å². The van der Waals surface area contributed by atoms with E-state index in [1.807, 2.05) is 6.92 Å². The number of hydrogen-bond acceptors (Lipinski definition) is 6. The fourth-order valence-corrected chi connectivity index (χ4v) is 7.67. The third kappa shape index (κ3) is 52.0. The molecular weight excluding hydrogens is 699 g/mol. The molecule has 0 heterocycles. The molecule has 56 heavy (non-hydrogen) atoms. The minimum Gasteiger partial charge on any atom is -0.483 e. The summed E-state index contributed by atoms with van der Waals surface area (Å²) in [6.45, 7) is 16.1. The molecule has 0 bridgehead atoms. The van der Waals surface area contributed by atoms with Gasteiger partial charge in [-0.3, -0.25) is 9.59 Å². The van der Waals surface area contributed by atoms with E-state index in [1.54, 1.807) is 0 Å². The standard InChI is InChI=1S/C46H93N3O.2CH2O2/c1-6-10-13-16-19-20-21-22-23-24-25-26-31-36-42-49(44-41-46(48-47-5)50-9-4)43-37-32-27-30-35-40-45(38-33-28-17-14-11-7-2)39-34-29-18-15-12-8-3;2*2-1-3/h45H,5-44H2,1-4H3;2*1H,(H,2,3)/b48-46-;;. The SMILES string of the molecule is C=N/N=C(/CCN(CCCCCCCCCCCCCCCC)CCCCCCCC(CCCCCCCC)CCCCCCCC)OCC.O=CO.O=CO. The van der Waals surface area contributed by atoms with Crippen molar-refractivity contribution in [3.8, 4) is 0 Å². The number of carbonyl (C=O) groups is 2. The molecule has 0 amide bonds. The molecule has 0 spiro atoms. The Morgan fingerprint density at radius 1 is 0.500 bits per heavy atom. The Bertz CT molecular complexity index is 760. The van der Waals surface area contributed by atoms with Crippen LogP contribution in [0.3, 0.4) is 0 Å². The van der Waals surface area contributed by atoms with Crippen molar-refractivity contribution in [2.45, 2.75) is 252 Å². The van der Waals surface area contributed by atoms with Gasteiger partial charge in [0.25, 0.3) is 12.9 Å². The van der Waals surface area contributed by atoms with Gasteiger partial charge < -0.3 is 19.8 Å². The van der Waals surface area contributed by atoms with Crippen molar-refractivity contribution in [2.75, 3.05) is 26.2 Å². The van der Waals surface area contributed by atoms with E-state index < -0.39 is 0 Å². The van der Waals surface area contributed by atoms with E-state index in [0.717, 1.165) is 24.8 Å². The summed E-state index contributed by atoms with van der Waals surface area (Å²) < 4.78 is 5.73. The third-order valence-electron chi connectivity index (χ3n) is 11.0. The van der Waals surface area contributed by atoms with Gasteiger partial charge in [0, 0.05) is 19.7 Å². The van der Waals surface area contributed by atoms with Crippen LogP contribution < -0.4 is 0 Å². The van der Waals surface area contributed by atoms with Gasteiger partial charge in [0.15, 0.2) is 0 Å². The van der Waals surface area contributed by atoms with E-state index in [-0.39, 0.29) is 12.9 Å². The Balaban J connectivity index is -0.00000437. The minimum absolute atomic E-state index is 0.250. The largest absolute Gasteiger partial charge is 0.483 e. The van der Waals surface area contributed by atoms with E-state index in [4.69, 9.17) is 24.5 Å². The first-order chi connectivity index (χ1) is 27.5. The monoisotopic (exact) mass is 796 g/mol. The van der Waals surface area contributed by atoms with Crippen LogP contribution in [0, 0.1) is 5.92 Å². The molecule has 0 unspecified atom stereocenters. The predicted octanol–water partition coefficient (Wildman–Crippen LogP) is 15.1. The van der Waals surface area contributed by atoms with Crippen molar-refractivity contribution in [1.82, 2.24) is 4.90 Å². The maximum absolute atomic E-state index is 8.36. The van der Waals surface area contributed by atoms with Gasteiger partial charge in [-0.1, -0.05) is 226 Å². The van der Waals surface area contributed by atoms with Crippen LogP contribution >= 0.6 is 0 Å². The van der Waals surface area contributed by atoms with E-state index in [9.17, 15) is 0 Å². The van der Waals surface area contributed by atoms with Crippen LogP contribution in [-0.2, 0) is 14.3 Å². The van der Waals surface area contributed by atoms with Gasteiger partial charge in [-0.05, 0) is 38.8 Å². The average Bonchev–Trinajstić information content (AvgIpc) is 3.19. The Labute approximate surface area is 348 Å². The van der Waals surface area contributed by atoms with Crippen molar-refractivity contribution in [3.05, 3.63) is 0 Å². The number of hydrogen-bond donors (Lipinski definition) is 2. The van der Waals surface area contributed by atoms with Crippen LogP contribution in [0.2, 0.25) is 0 Å². The quantitative estimate of drug-likeness (QED) is 0.0209. The second kappa shape index (κ2) is 55.1. The van der Waals surface area contributed by atoms with E-state index in [0.29, 0.717) is 6.61 Å². The summed E-state index contributed by atoms with van der Waals surface area (Å²) in [4.78, 5) is 19.4. The molecule has 0 aromatic rings. The van der Waals surface area contributed by atoms with E-state index >= 15 is 0 Å². The highest BCUT2D eigenvalue weighted by Crippen LogP contribution is 2.25. The van der Waals surface area contributed by atoms with Gasteiger partial charge in [-0.25, -0.2) is 0 Å². The summed E-state index contributed by atoms with van der Waals surface area (Å²) in [6, 6.07) is 0. The molecule has 0 saturated carbocycles. The zero-order valence-electron chi connectivity index (χ0n) is 38.0. The molecule has 8 nitrogen and oxygen atoms in total. The zero-order valence-corrected chi connectivity index (χ0v) is 38.0. The van der Waals surface area contributed by atoms with E-state index in [2.05, 4.69) is 42.6 Å².